The van der Waals surface area contributed by atoms with Gasteiger partial charge in [0.1, 0.15) is 5.03 Å². The van der Waals surface area contributed by atoms with E-state index in [0.717, 1.165) is 28.3 Å². The van der Waals surface area contributed by atoms with Crippen LogP contribution in [0.1, 0.15) is 28.9 Å². The van der Waals surface area contributed by atoms with Crippen molar-refractivity contribution in [2.45, 2.75) is 36.3 Å². The molecular weight excluding hydrogens is 586 g/mol. The van der Waals surface area contributed by atoms with E-state index in [1.807, 2.05) is 42.5 Å². The second-order valence-corrected chi connectivity index (χ2v) is 12.3. The van der Waals surface area contributed by atoms with E-state index >= 15 is 8.78 Å². The van der Waals surface area contributed by atoms with E-state index in [0.29, 0.717) is 0 Å². The molecule has 7 nitrogen and oxygen atoms in total. The van der Waals surface area contributed by atoms with E-state index in [1.165, 1.54) is 33.8 Å². The first-order chi connectivity index (χ1) is 20.3. The van der Waals surface area contributed by atoms with Gasteiger partial charge in [0.25, 0.3) is 5.92 Å². The highest BCUT2D eigenvalue weighted by molar-refractivity contribution is 8.76. The molecule has 0 aliphatic carbocycles. The van der Waals surface area contributed by atoms with Crippen molar-refractivity contribution in [2.75, 3.05) is 23.7 Å². The minimum Gasteiger partial charge on any atom is -0.348 e. The zero-order valence-electron chi connectivity index (χ0n) is 22.2. The number of aromatic nitrogens is 6. The quantitative estimate of drug-likeness (QED) is 0.0990. The maximum Gasteiger partial charge on any atom is 0.331 e. The topological polar surface area (TPSA) is 72.6 Å². The number of nitrogens with zero attached hydrogens (tertiary/aromatic N) is 7. The molecule has 0 atom stereocenters. The molecule has 2 aromatic carbocycles. The van der Waals surface area contributed by atoms with Gasteiger partial charge in [-0.25, -0.2) is 28.4 Å². The molecular formula is C29H25F4N7S2. The van der Waals surface area contributed by atoms with E-state index in [1.54, 1.807) is 33.9 Å². The van der Waals surface area contributed by atoms with Crippen molar-refractivity contribution < 1.29 is 17.6 Å². The summed E-state index contributed by atoms with van der Waals surface area (Å²) < 4.78 is 61.2. The van der Waals surface area contributed by atoms with Crippen molar-refractivity contribution in [1.82, 2.24) is 29.9 Å². The Kier molecular flexibility index (Phi) is 8.04. The first-order valence-electron chi connectivity index (χ1n) is 13.3. The molecule has 6 rings (SSSR count). The number of aryl methyl sites for hydroxylation is 1. The molecule has 0 unspecified atom stereocenters. The number of anilines is 1. The molecule has 3 aromatic heterocycles. The van der Waals surface area contributed by atoms with Gasteiger partial charge in [0.2, 0.25) is 5.82 Å². The summed E-state index contributed by atoms with van der Waals surface area (Å²) in [5, 5.41) is 9.33. The van der Waals surface area contributed by atoms with Crippen molar-refractivity contribution in [3.05, 3.63) is 102 Å². The standard InChI is InChI=1S/C29H25F4N7S2/c30-28(31)14-16-39(19-28)25-24-26(36-27(35-25)29(32,33)22-10-2-1-3-11-22)40(38-37-24)18-21-9-5-4-8-20(21)13-17-41-42-23-12-6-7-15-34-23/h1-12,15H,13-14,16-19H2. The third-order valence-corrected chi connectivity index (χ3v) is 9.17. The summed E-state index contributed by atoms with van der Waals surface area (Å²) in [4.78, 5) is 14.0. The summed E-state index contributed by atoms with van der Waals surface area (Å²) in [5.74, 6) is -6.56. The van der Waals surface area contributed by atoms with E-state index < -0.39 is 30.6 Å². The molecule has 0 saturated carbocycles. The largest absolute Gasteiger partial charge is 0.348 e. The Morgan fingerprint density at radius 1 is 0.905 bits per heavy atom. The van der Waals surface area contributed by atoms with Gasteiger partial charge >= 0.3 is 5.92 Å². The Morgan fingerprint density at radius 3 is 2.40 bits per heavy atom. The van der Waals surface area contributed by atoms with Crippen molar-refractivity contribution >= 4 is 38.6 Å². The molecule has 13 heteroatoms. The smallest absolute Gasteiger partial charge is 0.331 e. The number of hydrogen-bond acceptors (Lipinski definition) is 8. The first-order valence-corrected chi connectivity index (χ1v) is 15.6. The molecule has 0 radical (unpaired) electrons. The van der Waals surface area contributed by atoms with Crippen LogP contribution in [0.25, 0.3) is 11.2 Å². The van der Waals surface area contributed by atoms with Gasteiger partial charge in [-0.2, -0.15) is 8.78 Å². The van der Waals surface area contributed by atoms with Crippen LogP contribution in [0.15, 0.2) is 84.0 Å². The van der Waals surface area contributed by atoms with Gasteiger partial charge in [-0.05, 0) is 40.5 Å². The Bertz CT molecular complexity index is 1670. The van der Waals surface area contributed by atoms with Crippen LogP contribution in [0.3, 0.4) is 0 Å². The SMILES string of the molecule is FC1(F)CCN(c2nc(C(F)(F)c3ccccc3)nc3c2nnn3Cc2ccccc2CCSSc2ccccn2)C1. The lowest BCUT2D eigenvalue weighted by Gasteiger charge is -2.21. The average molecular weight is 612 g/mol. The summed E-state index contributed by atoms with van der Waals surface area (Å²) in [6.45, 7) is -0.466. The maximum atomic E-state index is 15.7. The lowest BCUT2D eigenvalue weighted by Crippen LogP contribution is -2.28. The van der Waals surface area contributed by atoms with Gasteiger partial charge < -0.3 is 4.90 Å². The number of halogens is 4. The highest BCUT2D eigenvalue weighted by atomic mass is 33.1. The van der Waals surface area contributed by atoms with Crippen molar-refractivity contribution in [2.24, 2.45) is 0 Å². The number of fused-ring (bicyclic) bond motifs is 1. The van der Waals surface area contributed by atoms with Gasteiger partial charge in [0, 0.05) is 30.5 Å². The Morgan fingerprint density at radius 2 is 1.67 bits per heavy atom. The molecule has 1 aliphatic heterocycles. The van der Waals surface area contributed by atoms with Crippen LogP contribution in [0, 0.1) is 0 Å². The second kappa shape index (κ2) is 11.9. The van der Waals surface area contributed by atoms with E-state index in [4.69, 9.17) is 0 Å². The summed E-state index contributed by atoms with van der Waals surface area (Å²) in [7, 11) is 3.29. The summed E-state index contributed by atoms with van der Waals surface area (Å²) in [5.41, 5.74) is 1.87. The van der Waals surface area contributed by atoms with Gasteiger partial charge in [0.15, 0.2) is 17.0 Å². The third-order valence-electron chi connectivity index (χ3n) is 6.91. The van der Waals surface area contributed by atoms with Crippen LogP contribution in [0.2, 0.25) is 0 Å². The zero-order valence-corrected chi connectivity index (χ0v) is 23.8. The lowest BCUT2D eigenvalue weighted by molar-refractivity contribution is 0.0256. The first kappa shape index (κ1) is 28.4. The fourth-order valence-electron chi connectivity index (χ4n) is 4.77. The third kappa shape index (κ3) is 6.07. The molecule has 5 aromatic rings. The fourth-order valence-corrected chi connectivity index (χ4v) is 6.67. The average Bonchev–Trinajstić information content (AvgIpc) is 3.59. The number of rotatable bonds is 10. The molecule has 0 N–H and O–H groups in total. The fraction of sp³-hybridized carbons (Fsp3) is 0.276. The highest BCUT2D eigenvalue weighted by Crippen LogP contribution is 2.38. The van der Waals surface area contributed by atoms with Gasteiger partial charge in [0.05, 0.1) is 13.1 Å². The molecule has 0 spiro atoms. The molecule has 42 heavy (non-hydrogen) atoms. The molecule has 0 amide bonds. The second-order valence-electron chi connectivity index (χ2n) is 9.85. The number of hydrogen-bond donors (Lipinski definition) is 0. The molecule has 216 valence electrons. The summed E-state index contributed by atoms with van der Waals surface area (Å²) in [6.07, 6.45) is 2.11. The van der Waals surface area contributed by atoms with Crippen LogP contribution in [-0.4, -0.2) is 54.7 Å². The van der Waals surface area contributed by atoms with Crippen LogP contribution >= 0.6 is 21.6 Å². The predicted molar refractivity (Wildman–Crippen MR) is 156 cm³/mol. The minimum atomic E-state index is -3.57. The Balaban J connectivity index is 1.32. The number of alkyl halides is 4. The summed E-state index contributed by atoms with van der Waals surface area (Å²) in [6, 6.07) is 20.8. The number of benzene rings is 2. The predicted octanol–water partition coefficient (Wildman–Crippen LogP) is 6.63. The van der Waals surface area contributed by atoms with Crippen molar-refractivity contribution in [3.8, 4) is 0 Å². The van der Waals surface area contributed by atoms with Gasteiger partial charge in [-0.3, -0.25) is 0 Å². The van der Waals surface area contributed by atoms with Gasteiger partial charge in [-0.15, -0.1) is 5.10 Å². The Labute approximate surface area is 247 Å². The highest BCUT2D eigenvalue weighted by Gasteiger charge is 2.43. The molecule has 1 saturated heterocycles. The minimum absolute atomic E-state index is 0.0423. The molecule has 0 bridgehead atoms. The Hall–Kier alpha value is -3.71. The van der Waals surface area contributed by atoms with E-state index in [2.05, 4.69) is 25.3 Å². The van der Waals surface area contributed by atoms with Gasteiger partial charge in [-0.1, -0.05) is 76.7 Å². The van der Waals surface area contributed by atoms with Crippen LogP contribution in [0.4, 0.5) is 23.4 Å². The monoisotopic (exact) mass is 611 g/mol. The lowest BCUT2D eigenvalue weighted by atomic mass is 10.1. The zero-order chi connectivity index (χ0) is 29.2. The van der Waals surface area contributed by atoms with E-state index in [9.17, 15) is 8.78 Å². The number of pyridine rings is 1. The van der Waals surface area contributed by atoms with Crippen molar-refractivity contribution in [1.29, 1.82) is 0 Å². The van der Waals surface area contributed by atoms with E-state index in [-0.39, 0.29) is 35.6 Å². The van der Waals surface area contributed by atoms with Crippen molar-refractivity contribution in [3.63, 3.8) is 0 Å². The molecule has 4 heterocycles. The normalized spacial score (nSPS) is 15.0. The molecule has 1 aliphatic rings. The van der Waals surface area contributed by atoms with Crippen LogP contribution in [0.5, 0.6) is 0 Å². The molecule has 1 fully saturated rings. The van der Waals surface area contributed by atoms with Crippen LogP contribution < -0.4 is 4.90 Å². The van der Waals surface area contributed by atoms with Crippen LogP contribution in [-0.2, 0) is 18.9 Å². The maximum absolute atomic E-state index is 15.7. The summed E-state index contributed by atoms with van der Waals surface area (Å²) >= 11 is 0.